The molecule has 0 bridgehead atoms. The second-order valence-electron chi connectivity index (χ2n) is 6.08. The molecule has 0 aliphatic heterocycles. The molecular formula is C19H25NS. The van der Waals surface area contributed by atoms with Gasteiger partial charge in [-0.2, -0.15) is 0 Å². The van der Waals surface area contributed by atoms with Crippen molar-refractivity contribution >= 4 is 11.8 Å². The van der Waals surface area contributed by atoms with E-state index in [0.29, 0.717) is 5.92 Å². The first-order valence-electron chi connectivity index (χ1n) is 7.58. The molecule has 0 spiro atoms. The zero-order valence-electron chi connectivity index (χ0n) is 13.2. The van der Waals surface area contributed by atoms with E-state index in [0.717, 1.165) is 12.2 Å². The highest BCUT2D eigenvalue weighted by molar-refractivity contribution is 7.99. The molecule has 21 heavy (non-hydrogen) atoms. The van der Waals surface area contributed by atoms with Crippen LogP contribution in [0.1, 0.15) is 36.6 Å². The first-order chi connectivity index (χ1) is 10.0. The number of benzene rings is 2. The molecule has 1 atom stereocenters. The Morgan fingerprint density at radius 1 is 1.05 bits per heavy atom. The Labute approximate surface area is 133 Å². The van der Waals surface area contributed by atoms with E-state index in [-0.39, 0.29) is 6.04 Å². The van der Waals surface area contributed by atoms with Gasteiger partial charge in [0.2, 0.25) is 0 Å². The van der Waals surface area contributed by atoms with Gasteiger partial charge in [0.15, 0.2) is 0 Å². The molecular weight excluding hydrogens is 274 g/mol. The van der Waals surface area contributed by atoms with Crippen molar-refractivity contribution in [1.29, 1.82) is 0 Å². The Kier molecular flexibility index (Phi) is 5.89. The molecule has 2 rings (SSSR count). The van der Waals surface area contributed by atoms with Gasteiger partial charge in [0.05, 0.1) is 0 Å². The summed E-state index contributed by atoms with van der Waals surface area (Å²) in [5, 5.41) is 0. The van der Waals surface area contributed by atoms with Gasteiger partial charge in [-0.05, 0) is 42.5 Å². The SMILES string of the molecule is Cc1cccc(SCC(N)c2cccc(CC(C)C)c2)c1. The van der Waals surface area contributed by atoms with E-state index < -0.39 is 0 Å². The van der Waals surface area contributed by atoms with Crippen molar-refractivity contribution < 1.29 is 0 Å². The molecule has 1 unspecified atom stereocenters. The predicted octanol–water partition coefficient (Wildman–Crippen LogP) is 4.99. The van der Waals surface area contributed by atoms with Crippen LogP contribution in [-0.4, -0.2) is 5.75 Å². The van der Waals surface area contributed by atoms with Gasteiger partial charge in [0, 0.05) is 16.7 Å². The molecule has 0 saturated carbocycles. The van der Waals surface area contributed by atoms with Crippen LogP contribution >= 0.6 is 11.8 Å². The molecule has 2 aromatic carbocycles. The first kappa shape index (κ1) is 16.1. The molecule has 0 aliphatic rings. The van der Waals surface area contributed by atoms with Gasteiger partial charge >= 0.3 is 0 Å². The second-order valence-corrected chi connectivity index (χ2v) is 7.17. The van der Waals surface area contributed by atoms with Gasteiger partial charge in [-0.3, -0.25) is 0 Å². The molecule has 0 radical (unpaired) electrons. The van der Waals surface area contributed by atoms with E-state index in [1.54, 1.807) is 0 Å². The van der Waals surface area contributed by atoms with Crippen LogP contribution in [-0.2, 0) is 6.42 Å². The zero-order chi connectivity index (χ0) is 15.2. The lowest BCUT2D eigenvalue weighted by atomic mass is 9.99. The number of rotatable bonds is 6. The minimum Gasteiger partial charge on any atom is -0.323 e. The maximum atomic E-state index is 6.36. The minimum absolute atomic E-state index is 0.0858. The van der Waals surface area contributed by atoms with E-state index in [1.165, 1.54) is 21.6 Å². The number of thioether (sulfide) groups is 1. The molecule has 0 saturated heterocycles. The normalized spacial score (nSPS) is 12.6. The Bertz CT molecular complexity index is 577. The molecule has 2 N–H and O–H groups in total. The summed E-state index contributed by atoms with van der Waals surface area (Å²) in [7, 11) is 0. The highest BCUT2D eigenvalue weighted by Gasteiger charge is 2.08. The standard InChI is InChI=1S/C19H25NS/c1-14(2)10-16-7-5-8-17(12-16)19(20)13-21-18-9-4-6-15(3)11-18/h4-9,11-12,14,19H,10,13,20H2,1-3H3. The summed E-state index contributed by atoms with van der Waals surface area (Å²) in [5.41, 5.74) is 10.3. The summed E-state index contributed by atoms with van der Waals surface area (Å²) in [6, 6.07) is 17.4. The largest absolute Gasteiger partial charge is 0.323 e. The van der Waals surface area contributed by atoms with Gasteiger partial charge in [-0.1, -0.05) is 55.8 Å². The monoisotopic (exact) mass is 299 g/mol. The van der Waals surface area contributed by atoms with Crippen molar-refractivity contribution in [2.45, 2.75) is 38.1 Å². The molecule has 2 aromatic rings. The van der Waals surface area contributed by atoms with Gasteiger partial charge in [0.1, 0.15) is 0 Å². The van der Waals surface area contributed by atoms with E-state index in [1.807, 2.05) is 11.8 Å². The van der Waals surface area contributed by atoms with Crippen LogP contribution in [0.4, 0.5) is 0 Å². The average molecular weight is 299 g/mol. The molecule has 112 valence electrons. The lowest BCUT2D eigenvalue weighted by molar-refractivity contribution is 0.646. The smallest absolute Gasteiger partial charge is 0.0390 e. The van der Waals surface area contributed by atoms with Gasteiger partial charge < -0.3 is 5.73 Å². The van der Waals surface area contributed by atoms with Crippen molar-refractivity contribution in [3.05, 3.63) is 65.2 Å². The highest BCUT2D eigenvalue weighted by atomic mass is 32.2. The van der Waals surface area contributed by atoms with Crippen molar-refractivity contribution in [2.24, 2.45) is 11.7 Å². The number of aryl methyl sites for hydroxylation is 1. The second kappa shape index (κ2) is 7.67. The first-order valence-corrected chi connectivity index (χ1v) is 8.57. The average Bonchev–Trinajstić information content (AvgIpc) is 2.44. The summed E-state index contributed by atoms with van der Waals surface area (Å²) in [6.45, 7) is 6.62. The van der Waals surface area contributed by atoms with E-state index in [2.05, 4.69) is 69.3 Å². The number of nitrogens with two attached hydrogens (primary N) is 1. The van der Waals surface area contributed by atoms with Gasteiger partial charge in [-0.25, -0.2) is 0 Å². The third-order valence-electron chi connectivity index (χ3n) is 3.44. The van der Waals surface area contributed by atoms with Crippen LogP contribution in [0.2, 0.25) is 0 Å². The fourth-order valence-corrected chi connectivity index (χ4v) is 3.42. The van der Waals surface area contributed by atoms with E-state index in [9.17, 15) is 0 Å². The third kappa shape index (κ3) is 5.22. The Morgan fingerprint density at radius 2 is 1.81 bits per heavy atom. The van der Waals surface area contributed by atoms with Gasteiger partial charge in [-0.15, -0.1) is 11.8 Å². The number of hydrogen-bond donors (Lipinski definition) is 1. The Hall–Kier alpha value is -1.25. The van der Waals surface area contributed by atoms with Crippen LogP contribution in [0.5, 0.6) is 0 Å². The summed E-state index contributed by atoms with van der Waals surface area (Å²) in [4.78, 5) is 1.30. The molecule has 1 nitrogen and oxygen atoms in total. The molecule has 0 aliphatic carbocycles. The van der Waals surface area contributed by atoms with Crippen LogP contribution in [0.3, 0.4) is 0 Å². The predicted molar refractivity (Wildman–Crippen MR) is 93.8 cm³/mol. The molecule has 0 fully saturated rings. The van der Waals surface area contributed by atoms with Crippen molar-refractivity contribution in [3.63, 3.8) is 0 Å². The van der Waals surface area contributed by atoms with Crippen molar-refractivity contribution in [3.8, 4) is 0 Å². The maximum Gasteiger partial charge on any atom is 0.0390 e. The molecule has 2 heteroatoms. The Morgan fingerprint density at radius 3 is 2.52 bits per heavy atom. The zero-order valence-corrected chi connectivity index (χ0v) is 14.0. The minimum atomic E-state index is 0.0858. The van der Waals surface area contributed by atoms with Crippen LogP contribution in [0, 0.1) is 12.8 Å². The van der Waals surface area contributed by atoms with E-state index in [4.69, 9.17) is 5.73 Å². The van der Waals surface area contributed by atoms with Crippen LogP contribution in [0.25, 0.3) is 0 Å². The quantitative estimate of drug-likeness (QED) is 0.761. The lowest BCUT2D eigenvalue weighted by Crippen LogP contribution is -2.13. The third-order valence-corrected chi connectivity index (χ3v) is 4.56. The molecule has 0 amide bonds. The van der Waals surface area contributed by atoms with Crippen molar-refractivity contribution in [2.75, 3.05) is 5.75 Å². The van der Waals surface area contributed by atoms with Gasteiger partial charge in [0.25, 0.3) is 0 Å². The summed E-state index contributed by atoms with van der Waals surface area (Å²) in [6.07, 6.45) is 1.12. The highest BCUT2D eigenvalue weighted by Crippen LogP contribution is 2.25. The fourth-order valence-electron chi connectivity index (χ4n) is 2.41. The number of hydrogen-bond acceptors (Lipinski definition) is 2. The topological polar surface area (TPSA) is 26.0 Å². The summed E-state index contributed by atoms with van der Waals surface area (Å²) >= 11 is 1.83. The van der Waals surface area contributed by atoms with Crippen molar-refractivity contribution in [1.82, 2.24) is 0 Å². The van der Waals surface area contributed by atoms with Crippen LogP contribution < -0.4 is 5.73 Å². The molecule has 0 heterocycles. The maximum absolute atomic E-state index is 6.36. The lowest BCUT2D eigenvalue weighted by Gasteiger charge is -2.14. The molecule has 0 aromatic heterocycles. The fraction of sp³-hybridized carbons (Fsp3) is 0.368. The van der Waals surface area contributed by atoms with E-state index >= 15 is 0 Å². The van der Waals surface area contributed by atoms with Crippen LogP contribution in [0.15, 0.2) is 53.4 Å². The summed E-state index contributed by atoms with van der Waals surface area (Å²) in [5.74, 6) is 1.59. The summed E-state index contributed by atoms with van der Waals surface area (Å²) < 4.78 is 0. The Balaban J connectivity index is 1.98.